The van der Waals surface area contributed by atoms with E-state index >= 15 is 0 Å². The van der Waals surface area contributed by atoms with E-state index in [-0.39, 0.29) is 12.1 Å². The van der Waals surface area contributed by atoms with Crippen LogP contribution in [0.25, 0.3) is 11.4 Å². The third kappa shape index (κ3) is 4.05. The fraction of sp³-hybridized carbons (Fsp3) is 0.286. The SMILES string of the molecule is COc1cccc(-c2noc(C3CCCN3C(=O)Nc3ccc(C)cc3Cl)n2)c1. The van der Waals surface area contributed by atoms with Crippen LogP contribution >= 0.6 is 11.6 Å². The van der Waals surface area contributed by atoms with E-state index in [0.717, 1.165) is 24.0 Å². The van der Waals surface area contributed by atoms with Crippen molar-refractivity contribution >= 4 is 23.3 Å². The molecule has 2 amide bonds. The van der Waals surface area contributed by atoms with Crippen LogP contribution in [-0.2, 0) is 0 Å². The first-order valence-corrected chi connectivity index (χ1v) is 9.75. The third-order valence-corrected chi connectivity index (χ3v) is 5.25. The predicted octanol–water partition coefficient (Wildman–Crippen LogP) is 5.08. The minimum atomic E-state index is -0.272. The van der Waals surface area contributed by atoms with Gasteiger partial charge in [0.25, 0.3) is 0 Å². The Morgan fingerprint density at radius 2 is 2.17 bits per heavy atom. The van der Waals surface area contributed by atoms with E-state index < -0.39 is 0 Å². The number of carbonyl (C=O) groups excluding carboxylic acids is 1. The molecular formula is C21H21ClN4O3. The van der Waals surface area contributed by atoms with Gasteiger partial charge in [0.15, 0.2) is 0 Å². The van der Waals surface area contributed by atoms with Crippen molar-refractivity contribution in [3.05, 3.63) is 58.9 Å². The number of hydrogen-bond donors (Lipinski definition) is 1. The summed E-state index contributed by atoms with van der Waals surface area (Å²) in [6.07, 6.45) is 1.62. The van der Waals surface area contributed by atoms with Gasteiger partial charge in [-0.15, -0.1) is 0 Å². The third-order valence-electron chi connectivity index (χ3n) is 4.93. The van der Waals surface area contributed by atoms with E-state index in [1.54, 1.807) is 18.1 Å². The lowest BCUT2D eigenvalue weighted by atomic mass is 10.2. The fourth-order valence-corrected chi connectivity index (χ4v) is 3.71. The average Bonchev–Trinajstić information content (AvgIpc) is 3.39. The van der Waals surface area contributed by atoms with E-state index in [4.69, 9.17) is 20.9 Å². The minimum Gasteiger partial charge on any atom is -0.497 e. The van der Waals surface area contributed by atoms with Gasteiger partial charge in [-0.1, -0.05) is 35.0 Å². The van der Waals surface area contributed by atoms with Gasteiger partial charge in [0.05, 0.1) is 17.8 Å². The number of aryl methyl sites for hydroxylation is 1. The quantitative estimate of drug-likeness (QED) is 0.646. The van der Waals surface area contributed by atoms with E-state index in [1.165, 1.54) is 0 Å². The molecule has 1 atom stereocenters. The molecule has 1 saturated heterocycles. The molecule has 1 aliphatic rings. The highest BCUT2D eigenvalue weighted by Crippen LogP contribution is 2.33. The summed E-state index contributed by atoms with van der Waals surface area (Å²) in [5, 5.41) is 7.47. The molecule has 1 N–H and O–H groups in total. The number of likely N-dealkylation sites (tertiary alicyclic amines) is 1. The van der Waals surface area contributed by atoms with Gasteiger partial charge in [-0.2, -0.15) is 4.98 Å². The number of anilines is 1. The molecule has 1 fully saturated rings. The second-order valence-corrected chi connectivity index (χ2v) is 7.36. The van der Waals surface area contributed by atoms with Gasteiger partial charge in [0.2, 0.25) is 11.7 Å². The van der Waals surface area contributed by atoms with Crippen molar-refractivity contribution in [3.8, 4) is 17.1 Å². The van der Waals surface area contributed by atoms with Crippen LogP contribution < -0.4 is 10.1 Å². The molecule has 7 nitrogen and oxygen atoms in total. The van der Waals surface area contributed by atoms with Gasteiger partial charge < -0.3 is 19.5 Å². The lowest BCUT2D eigenvalue weighted by Gasteiger charge is -2.22. The zero-order chi connectivity index (χ0) is 20.4. The second kappa shape index (κ2) is 8.13. The molecule has 0 saturated carbocycles. The first kappa shape index (κ1) is 19.3. The van der Waals surface area contributed by atoms with Crippen molar-refractivity contribution in [1.82, 2.24) is 15.0 Å². The number of aromatic nitrogens is 2. The Balaban J connectivity index is 1.52. The Bertz CT molecular complexity index is 1040. The molecule has 0 spiro atoms. The van der Waals surface area contributed by atoms with Crippen molar-refractivity contribution in [3.63, 3.8) is 0 Å². The number of nitrogens with one attached hydrogen (secondary N) is 1. The topological polar surface area (TPSA) is 80.5 Å². The maximum atomic E-state index is 12.8. The van der Waals surface area contributed by atoms with Crippen LogP contribution in [0.4, 0.5) is 10.5 Å². The summed E-state index contributed by atoms with van der Waals surface area (Å²) < 4.78 is 10.7. The number of methoxy groups -OCH3 is 1. The van der Waals surface area contributed by atoms with Gasteiger partial charge in [0.1, 0.15) is 11.8 Å². The molecule has 0 bridgehead atoms. The molecule has 1 aromatic heterocycles. The highest BCUT2D eigenvalue weighted by atomic mass is 35.5. The Labute approximate surface area is 173 Å². The van der Waals surface area contributed by atoms with Gasteiger partial charge >= 0.3 is 6.03 Å². The van der Waals surface area contributed by atoms with Crippen molar-refractivity contribution in [1.29, 1.82) is 0 Å². The molecule has 29 heavy (non-hydrogen) atoms. The summed E-state index contributed by atoms with van der Waals surface area (Å²) >= 11 is 6.25. The summed E-state index contributed by atoms with van der Waals surface area (Å²) in [6, 6.07) is 12.5. The van der Waals surface area contributed by atoms with Crippen LogP contribution in [-0.4, -0.2) is 34.7 Å². The molecule has 150 valence electrons. The Morgan fingerprint density at radius 3 is 2.97 bits per heavy atom. The number of hydrogen-bond acceptors (Lipinski definition) is 5. The molecule has 8 heteroatoms. The zero-order valence-corrected chi connectivity index (χ0v) is 16.9. The van der Waals surface area contributed by atoms with Crippen LogP contribution in [0.2, 0.25) is 5.02 Å². The van der Waals surface area contributed by atoms with E-state index in [2.05, 4.69) is 15.5 Å². The van der Waals surface area contributed by atoms with Gasteiger partial charge in [-0.05, 0) is 49.6 Å². The highest BCUT2D eigenvalue weighted by molar-refractivity contribution is 6.33. The van der Waals surface area contributed by atoms with E-state index in [0.29, 0.717) is 34.7 Å². The van der Waals surface area contributed by atoms with Crippen molar-refractivity contribution in [2.75, 3.05) is 19.0 Å². The number of nitrogens with zero attached hydrogens (tertiary/aromatic N) is 3. The lowest BCUT2D eigenvalue weighted by Crippen LogP contribution is -2.34. The second-order valence-electron chi connectivity index (χ2n) is 6.95. The summed E-state index contributed by atoms with van der Waals surface area (Å²) in [6.45, 7) is 2.56. The smallest absolute Gasteiger partial charge is 0.322 e. The normalized spacial score (nSPS) is 16.1. The number of rotatable bonds is 4. The highest BCUT2D eigenvalue weighted by Gasteiger charge is 2.34. The van der Waals surface area contributed by atoms with Gasteiger partial charge in [0, 0.05) is 12.1 Å². The van der Waals surface area contributed by atoms with Crippen LogP contribution in [0.3, 0.4) is 0 Å². The van der Waals surface area contributed by atoms with Crippen LogP contribution in [0, 0.1) is 6.92 Å². The van der Waals surface area contributed by atoms with Gasteiger partial charge in [-0.3, -0.25) is 0 Å². The number of carbonyl (C=O) groups is 1. The van der Waals surface area contributed by atoms with E-state index in [9.17, 15) is 4.79 Å². The number of ether oxygens (including phenoxy) is 1. The lowest BCUT2D eigenvalue weighted by molar-refractivity contribution is 0.193. The van der Waals surface area contributed by atoms with Crippen molar-refractivity contribution in [2.45, 2.75) is 25.8 Å². The largest absolute Gasteiger partial charge is 0.497 e. The molecule has 1 aliphatic heterocycles. The fourth-order valence-electron chi connectivity index (χ4n) is 3.43. The summed E-state index contributed by atoms with van der Waals surface area (Å²) in [4.78, 5) is 19.1. The molecular weight excluding hydrogens is 392 g/mol. The monoisotopic (exact) mass is 412 g/mol. The zero-order valence-electron chi connectivity index (χ0n) is 16.2. The maximum Gasteiger partial charge on any atom is 0.322 e. The first-order valence-electron chi connectivity index (χ1n) is 9.37. The molecule has 4 rings (SSSR count). The molecule has 2 heterocycles. The Kier molecular flexibility index (Phi) is 5.40. The standard InChI is InChI=1S/C21H21ClN4O3/c1-13-8-9-17(16(22)11-13)23-21(27)26-10-4-7-18(26)20-24-19(25-29-20)14-5-3-6-15(12-14)28-2/h3,5-6,8-9,11-12,18H,4,7,10H2,1-2H3,(H,23,27). The summed E-state index contributed by atoms with van der Waals surface area (Å²) in [5.41, 5.74) is 2.40. The maximum absolute atomic E-state index is 12.8. The molecule has 3 aromatic rings. The number of benzene rings is 2. The number of amides is 2. The molecule has 2 aromatic carbocycles. The number of urea groups is 1. The molecule has 0 aliphatic carbocycles. The number of halogens is 1. The predicted molar refractivity (Wildman–Crippen MR) is 110 cm³/mol. The van der Waals surface area contributed by atoms with Crippen LogP contribution in [0.1, 0.15) is 30.3 Å². The minimum absolute atomic E-state index is 0.237. The summed E-state index contributed by atoms with van der Waals surface area (Å²) in [5.74, 6) is 1.60. The van der Waals surface area contributed by atoms with Gasteiger partial charge in [-0.25, -0.2) is 4.79 Å². The average molecular weight is 413 g/mol. The van der Waals surface area contributed by atoms with Crippen LogP contribution in [0.5, 0.6) is 5.75 Å². The molecule has 0 radical (unpaired) electrons. The first-order chi connectivity index (χ1) is 14.0. The van der Waals surface area contributed by atoms with Crippen molar-refractivity contribution < 1.29 is 14.1 Å². The van der Waals surface area contributed by atoms with Crippen LogP contribution in [0.15, 0.2) is 47.0 Å². The van der Waals surface area contributed by atoms with E-state index in [1.807, 2.05) is 43.3 Å². The Hall–Kier alpha value is -3.06. The molecule has 1 unspecified atom stereocenters. The Morgan fingerprint density at radius 1 is 1.31 bits per heavy atom. The van der Waals surface area contributed by atoms with Crippen molar-refractivity contribution in [2.24, 2.45) is 0 Å². The summed E-state index contributed by atoms with van der Waals surface area (Å²) in [7, 11) is 1.61.